The quantitative estimate of drug-likeness (QED) is 0.728. The van der Waals surface area contributed by atoms with Gasteiger partial charge < -0.3 is 5.32 Å². The summed E-state index contributed by atoms with van der Waals surface area (Å²) in [5, 5.41) is 5.65. The number of benzene rings is 1. The van der Waals surface area contributed by atoms with Gasteiger partial charge in [0.1, 0.15) is 5.82 Å². The first-order valence-electron chi connectivity index (χ1n) is 8.59. The van der Waals surface area contributed by atoms with Crippen molar-refractivity contribution in [2.45, 2.75) is 32.2 Å². The topological polar surface area (TPSA) is 93.8 Å². The standard InChI is InChI=1S/C18H21N5O3/c1-9(2)23-16-15(17(25)20-23)11(8-14(24)19-16)10-5-6-12-13(7-10)22(4)18(26)21(12)3/h5-7,9,11H,8H2,1-4H3,(H,19,24)(H,20,25)/t11-/m0/s1. The van der Waals surface area contributed by atoms with Gasteiger partial charge in [-0.05, 0) is 31.5 Å². The summed E-state index contributed by atoms with van der Waals surface area (Å²) < 4.78 is 4.85. The molecule has 0 bridgehead atoms. The number of imidazole rings is 1. The van der Waals surface area contributed by atoms with E-state index in [9.17, 15) is 14.4 Å². The number of aromatic amines is 1. The van der Waals surface area contributed by atoms with Gasteiger partial charge in [0.15, 0.2) is 0 Å². The minimum Gasteiger partial charge on any atom is -0.311 e. The van der Waals surface area contributed by atoms with Crippen molar-refractivity contribution in [3.63, 3.8) is 0 Å². The normalized spacial score (nSPS) is 17.0. The van der Waals surface area contributed by atoms with Crippen LogP contribution < -0.4 is 16.6 Å². The van der Waals surface area contributed by atoms with Crippen LogP contribution in [0.25, 0.3) is 11.0 Å². The molecule has 0 unspecified atom stereocenters. The lowest BCUT2D eigenvalue weighted by molar-refractivity contribution is -0.116. The molecule has 1 aliphatic rings. The molecule has 8 nitrogen and oxygen atoms in total. The lowest BCUT2D eigenvalue weighted by Crippen LogP contribution is -2.27. The average molecular weight is 355 g/mol. The maximum absolute atomic E-state index is 12.6. The predicted octanol–water partition coefficient (Wildman–Crippen LogP) is 1.42. The number of hydrogen-bond acceptors (Lipinski definition) is 3. The summed E-state index contributed by atoms with van der Waals surface area (Å²) in [6, 6.07) is 5.67. The highest BCUT2D eigenvalue weighted by Crippen LogP contribution is 2.36. The van der Waals surface area contributed by atoms with E-state index in [2.05, 4.69) is 10.4 Å². The Bertz CT molecular complexity index is 1160. The van der Waals surface area contributed by atoms with Crippen molar-refractivity contribution in [3.8, 4) is 0 Å². The summed E-state index contributed by atoms with van der Waals surface area (Å²) >= 11 is 0. The molecular formula is C18H21N5O3. The van der Waals surface area contributed by atoms with E-state index in [1.807, 2.05) is 32.0 Å². The molecule has 1 aliphatic heterocycles. The van der Waals surface area contributed by atoms with Gasteiger partial charge in [-0.1, -0.05) is 6.07 Å². The summed E-state index contributed by atoms with van der Waals surface area (Å²) in [6.07, 6.45) is 0.199. The summed E-state index contributed by atoms with van der Waals surface area (Å²) in [6.45, 7) is 3.88. The zero-order valence-electron chi connectivity index (χ0n) is 15.2. The van der Waals surface area contributed by atoms with Crippen LogP contribution in [0.4, 0.5) is 5.82 Å². The molecule has 0 radical (unpaired) electrons. The zero-order valence-corrected chi connectivity index (χ0v) is 15.2. The summed E-state index contributed by atoms with van der Waals surface area (Å²) in [4.78, 5) is 37.0. The zero-order chi connectivity index (χ0) is 18.7. The second kappa shape index (κ2) is 5.48. The van der Waals surface area contributed by atoms with E-state index < -0.39 is 0 Å². The molecule has 2 aromatic heterocycles. The van der Waals surface area contributed by atoms with E-state index in [0.717, 1.165) is 16.6 Å². The molecule has 1 amide bonds. The van der Waals surface area contributed by atoms with Gasteiger partial charge in [-0.15, -0.1) is 0 Å². The molecule has 4 rings (SSSR count). The van der Waals surface area contributed by atoms with Gasteiger partial charge in [-0.25, -0.2) is 4.79 Å². The molecule has 0 aliphatic carbocycles. The van der Waals surface area contributed by atoms with Gasteiger partial charge in [0, 0.05) is 32.5 Å². The van der Waals surface area contributed by atoms with Crippen LogP contribution in [0.3, 0.4) is 0 Å². The number of aromatic nitrogens is 4. The molecular weight excluding hydrogens is 334 g/mol. The van der Waals surface area contributed by atoms with Crippen LogP contribution in [-0.2, 0) is 18.9 Å². The minimum absolute atomic E-state index is 0.0166. The lowest BCUT2D eigenvalue weighted by atomic mass is 9.87. The van der Waals surface area contributed by atoms with Crippen LogP contribution in [0.1, 0.15) is 43.4 Å². The van der Waals surface area contributed by atoms with Crippen molar-refractivity contribution in [2.24, 2.45) is 14.1 Å². The highest BCUT2D eigenvalue weighted by molar-refractivity contribution is 5.94. The molecule has 8 heteroatoms. The summed E-state index contributed by atoms with van der Waals surface area (Å²) in [5.74, 6) is 0.0634. The Kier molecular flexibility index (Phi) is 3.47. The first-order chi connectivity index (χ1) is 12.3. The minimum atomic E-state index is -0.345. The third-order valence-corrected chi connectivity index (χ3v) is 5.17. The molecule has 0 spiro atoms. The third kappa shape index (κ3) is 2.18. The molecule has 0 saturated carbocycles. The second-order valence-electron chi connectivity index (χ2n) is 7.12. The number of rotatable bonds is 2. The van der Waals surface area contributed by atoms with Gasteiger partial charge >= 0.3 is 5.69 Å². The number of fused-ring (bicyclic) bond motifs is 2. The molecule has 0 fully saturated rings. The SMILES string of the molecule is CC(C)n1[nH]c(=O)c2c1NC(=O)C[C@H]2c1ccc2c(c1)n(C)c(=O)n2C. The van der Waals surface area contributed by atoms with E-state index in [-0.39, 0.29) is 35.5 Å². The maximum atomic E-state index is 12.6. The smallest absolute Gasteiger partial charge is 0.311 e. The fraction of sp³-hybridized carbons (Fsp3) is 0.389. The Labute approximate surface area is 149 Å². The number of aryl methyl sites for hydroxylation is 2. The number of anilines is 1. The Morgan fingerprint density at radius 2 is 1.77 bits per heavy atom. The van der Waals surface area contributed by atoms with E-state index in [1.165, 1.54) is 0 Å². The Balaban J connectivity index is 1.94. The first kappa shape index (κ1) is 16.4. The maximum Gasteiger partial charge on any atom is 0.328 e. The van der Waals surface area contributed by atoms with Crippen LogP contribution in [0.5, 0.6) is 0 Å². The van der Waals surface area contributed by atoms with E-state index in [0.29, 0.717) is 11.4 Å². The molecule has 26 heavy (non-hydrogen) atoms. The average Bonchev–Trinajstić information content (AvgIpc) is 3.04. The summed E-state index contributed by atoms with van der Waals surface area (Å²) in [5.41, 5.74) is 2.71. The molecule has 3 aromatic rings. The van der Waals surface area contributed by atoms with Crippen molar-refractivity contribution in [1.29, 1.82) is 0 Å². The van der Waals surface area contributed by atoms with Crippen molar-refractivity contribution >= 4 is 22.8 Å². The van der Waals surface area contributed by atoms with Crippen LogP contribution in [0.2, 0.25) is 0 Å². The van der Waals surface area contributed by atoms with E-state index in [4.69, 9.17) is 0 Å². The fourth-order valence-corrected chi connectivity index (χ4v) is 3.80. The van der Waals surface area contributed by atoms with Gasteiger partial charge in [-0.3, -0.25) is 28.5 Å². The first-order valence-corrected chi connectivity index (χ1v) is 8.59. The monoisotopic (exact) mass is 355 g/mol. The molecule has 1 aromatic carbocycles. The fourth-order valence-electron chi connectivity index (χ4n) is 3.80. The van der Waals surface area contributed by atoms with E-state index >= 15 is 0 Å². The predicted molar refractivity (Wildman–Crippen MR) is 98.7 cm³/mol. The third-order valence-electron chi connectivity index (χ3n) is 5.17. The van der Waals surface area contributed by atoms with Crippen LogP contribution in [0, 0.1) is 0 Å². The largest absolute Gasteiger partial charge is 0.328 e. The Hall–Kier alpha value is -3.03. The van der Waals surface area contributed by atoms with Gasteiger partial charge in [-0.2, -0.15) is 0 Å². The number of nitrogens with one attached hydrogen (secondary N) is 2. The number of nitrogens with zero attached hydrogens (tertiary/aromatic N) is 3. The highest BCUT2D eigenvalue weighted by atomic mass is 16.2. The van der Waals surface area contributed by atoms with Crippen LogP contribution in [0.15, 0.2) is 27.8 Å². The number of amides is 1. The van der Waals surface area contributed by atoms with Crippen LogP contribution >= 0.6 is 0 Å². The number of carbonyl (C=O) groups excluding carboxylic acids is 1. The Morgan fingerprint density at radius 1 is 1.08 bits per heavy atom. The molecule has 1 atom stereocenters. The number of carbonyl (C=O) groups is 1. The number of hydrogen-bond donors (Lipinski definition) is 2. The molecule has 3 heterocycles. The number of H-pyrrole nitrogens is 1. The summed E-state index contributed by atoms with van der Waals surface area (Å²) in [7, 11) is 3.44. The van der Waals surface area contributed by atoms with Crippen molar-refractivity contribution < 1.29 is 4.79 Å². The second-order valence-corrected chi connectivity index (χ2v) is 7.12. The molecule has 136 valence electrons. The highest BCUT2D eigenvalue weighted by Gasteiger charge is 2.33. The molecule has 0 saturated heterocycles. The Morgan fingerprint density at radius 3 is 2.46 bits per heavy atom. The van der Waals surface area contributed by atoms with Gasteiger partial charge in [0.05, 0.1) is 16.6 Å². The van der Waals surface area contributed by atoms with Gasteiger partial charge in [0.25, 0.3) is 5.56 Å². The van der Waals surface area contributed by atoms with E-state index in [1.54, 1.807) is 27.9 Å². The molecule has 2 N–H and O–H groups in total. The lowest BCUT2D eigenvalue weighted by Gasteiger charge is -2.24. The van der Waals surface area contributed by atoms with Crippen molar-refractivity contribution in [1.82, 2.24) is 18.9 Å². The van der Waals surface area contributed by atoms with Gasteiger partial charge in [0.2, 0.25) is 5.91 Å². The van der Waals surface area contributed by atoms with Crippen molar-refractivity contribution in [2.75, 3.05) is 5.32 Å². The van der Waals surface area contributed by atoms with Crippen LogP contribution in [-0.4, -0.2) is 24.8 Å². The van der Waals surface area contributed by atoms with Crippen molar-refractivity contribution in [3.05, 3.63) is 50.2 Å².